The highest BCUT2D eigenvalue weighted by atomic mass is 19.4. The van der Waals surface area contributed by atoms with E-state index < -0.39 is 42.1 Å². The summed E-state index contributed by atoms with van der Waals surface area (Å²) in [7, 11) is 1.51. The molecule has 2 fully saturated rings. The van der Waals surface area contributed by atoms with Crippen LogP contribution in [-0.2, 0) is 31.7 Å². The first-order valence-electron chi connectivity index (χ1n) is 10.9. The minimum absolute atomic E-state index is 0.0946. The Bertz CT molecular complexity index is 1260. The molecule has 2 aliphatic rings. The van der Waals surface area contributed by atoms with Crippen molar-refractivity contribution in [3.8, 4) is 0 Å². The third-order valence-corrected chi connectivity index (χ3v) is 5.88. The zero-order valence-corrected chi connectivity index (χ0v) is 19.0. The van der Waals surface area contributed by atoms with Crippen molar-refractivity contribution in [1.82, 2.24) is 24.8 Å². The van der Waals surface area contributed by atoms with Crippen LogP contribution in [0.15, 0.2) is 36.9 Å². The molecular weight excluding hydrogens is 469 g/mol. The molecule has 2 saturated heterocycles. The molecule has 2 N–H and O–H groups in total. The molecule has 0 saturated carbocycles. The lowest BCUT2D eigenvalue weighted by atomic mass is 10.1. The molecule has 13 heteroatoms. The molecule has 2 aromatic heterocycles. The standard InChI is InChI=1S/C22H23F3N6O4/c1-21(2)34-14-15(19(32)26-3)33-20(16(14)35-21)31-10-30-13-17(28-9-29-18(13)31)27-8-11-5-4-6-12(7-11)22(23,24)25/h4-7,9-10,14-16,20H,8H2,1-3H3,(H,26,32)(H,27,28,29)/t14-,15+,16-,20-/m1/s1. The van der Waals surface area contributed by atoms with E-state index in [1.165, 1.54) is 25.8 Å². The number of nitrogens with zero attached hydrogens (tertiary/aromatic N) is 4. The number of carbonyl (C=O) groups is 1. The normalized spacial score (nSPS) is 25.5. The largest absolute Gasteiger partial charge is 0.416 e. The van der Waals surface area contributed by atoms with Gasteiger partial charge in [0.25, 0.3) is 5.91 Å². The van der Waals surface area contributed by atoms with Gasteiger partial charge in [-0.15, -0.1) is 0 Å². The SMILES string of the molecule is CNC(=O)[C@H]1O[C@@H](n2cnc3c(NCc4cccc(C(F)(F)F)c4)ncnc32)[C@@H]2OC(C)(C)O[C@@H]21. The van der Waals surface area contributed by atoms with Gasteiger partial charge in [0.15, 0.2) is 35.1 Å². The van der Waals surface area contributed by atoms with Crippen LogP contribution >= 0.6 is 0 Å². The first kappa shape index (κ1) is 23.5. The Morgan fingerprint density at radius 2 is 1.94 bits per heavy atom. The number of imidazole rings is 1. The van der Waals surface area contributed by atoms with Crippen LogP contribution < -0.4 is 10.6 Å². The molecule has 35 heavy (non-hydrogen) atoms. The van der Waals surface area contributed by atoms with Gasteiger partial charge in [-0.05, 0) is 31.5 Å². The molecule has 0 spiro atoms. The highest BCUT2D eigenvalue weighted by Gasteiger charge is 2.58. The maximum absolute atomic E-state index is 13.0. The van der Waals surface area contributed by atoms with Crippen molar-refractivity contribution >= 4 is 22.9 Å². The number of ether oxygens (including phenoxy) is 3. The minimum Gasteiger partial charge on any atom is -0.364 e. The number of likely N-dealkylation sites (N-methyl/N-ethyl adjacent to an activating group) is 1. The molecule has 5 rings (SSSR count). The highest BCUT2D eigenvalue weighted by Crippen LogP contribution is 2.44. The van der Waals surface area contributed by atoms with Gasteiger partial charge < -0.3 is 24.8 Å². The number of alkyl halides is 3. The minimum atomic E-state index is -4.43. The van der Waals surface area contributed by atoms with Gasteiger partial charge in [-0.2, -0.15) is 13.2 Å². The number of aromatic nitrogens is 4. The average Bonchev–Trinajstić information content (AvgIpc) is 3.47. The number of anilines is 1. The fraction of sp³-hybridized carbons (Fsp3) is 0.455. The summed E-state index contributed by atoms with van der Waals surface area (Å²) in [6, 6.07) is 5.04. The Hall–Kier alpha value is -3.29. The molecule has 2 aliphatic heterocycles. The number of hydrogen-bond acceptors (Lipinski definition) is 8. The van der Waals surface area contributed by atoms with Gasteiger partial charge in [0.2, 0.25) is 0 Å². The van der Waals surface area contributed by atoms with E-state index in [0.29, 0.717) is 22.5 Å². The van der Waals surface area contributed by atoms with E-state index in [4.69, 9.17) is 14.2 Å². The number of amides is 1. The summed E-state index contributed by atoms with van der Waals surface area (Å²) < 4.78 is 58.7. The summed E-state index contributed by atoms with van der Waals surface area (Å²) in [4.78, 5) is 25.3. The van der Waals surface area contributed by atoms with Crippen molar-refractivity contribution in [1.29, 1.82) is 0 Å². The summed E-state index contributed by atoms with van der Waals surface area (Å²) in [5.74, 6) is -0.911. The van der Waals surface area contributed by atoms with Gasteiger partial charge in [0.05, 0.1) is 11.9 Å². The average molecular weight is 492 g/mol. The van der Waals surface area contributed by atoms with Crippen LogP contribution in [0.25, 0.3) is 11.2 Å². The fourth-order valence-corrected chi connectivity index (χ4v) is 4.37. The van der Waals surface area contributed by atoms with Gasteiger partial charge in [-0.1, -0.05) is 12.1 Å². The molecule has 186 valence electrons. The van der Waals surface area contributed by atoms with Crippen molar-refractivity contribution in [3.63, 3.8) is 0 Å². The Morgan fingerprint density at radius 1 is 1.17 bits per heavy atom. The Balaban J connectivity index is 1.42. The van der Waals surface area contributed by atoms with Crippen LogP contribution in [0.1, 0.15) is 31.2 Å². The lowest BCUT2D eigenvalue weighted by molar-refractivity contribution is -0.197. The predicted octanol–water partition coefficient (Wildman–Crippen LogP) is 2.62. The number of benzene rings is 1. The second-order valence-corrected chi connectivity index (χ2v) is 8.72. The van der Waals surface area contributed by atoms with E-state index in [-0.39, 0.29) is 12.5 Å². The van der Waals surface area contributed by atoms with E-state index >= 15 is 0 Å². The number of halogens is 3. The van der Waals surface area contributed by atoms with E-state index in [0.717, 1.165) is 12.1 Å². The monoisotopic (exact) mass is 492 g/mol. The third-order valence-electron chi connectivity index (χ3n) is 5.88. The number of rotatable bonds is 5. The highest BCUT2D eigenvalue weighted by molar-refractivity contribution is 5.83. The summed E-state index contributed by atoms with van der Waals surface area (Å²) in [6.07, 6.45) is -4.49. The quantitative estimate of drug-likeness (QED) is 0.559. The zero-order chi connectivity index (χ0) is 25.0. The van der Waals surface area contributed by atoms with Gasteiger partial charge >= 0.3 is 6.18 Å². The number of hydrogen-bond donors (Lipinski definition) is 2. The first-order chi connectivity index (χ1) is 16.6. The molecule has 0 unspecified atom stereocenters. The van der Waals surface area contributed by atoms with Gasteiger partial charge in [-0.25, -0.2) is 15.0 Å². The van der Waals surface area contributed by atoms with Crippen LogP contribution in [0.5, 0.6) is 0 Å². The van der Waals surface area contributed by atoms with Crippen LogP contribution in [0, 0.1) is 0 Å². The number of carbonyl (C=O) groups excluding carboxylic acids is 1. The lowest BCUT2D eigenvalue weighted by Crippen LogP contribution is -2.41. The maximum atomic E-state index is 13.0. The molecule has 4 atom stereocenters. The van der Waals surface area contributed by atoms with Gasteiger partial charge in [0.1, 0.15) is 18.5 Å². The molecule has 1 aromatic carbocycles. The maximum Gasteiger partial charge on any atom is 0.416 e. The molecule has 0 radical (unpaired) electrons. The van der Waals surface area contributed by atoms with Crippen molar-refractivity contribution in [2.45, 2.75) is 56.9 Å². The van der Waals surface area contributed by atoms with Crippen molar-refractivity contribution in [2.75, 3.05) is 12.4 Å². The molecule has 10 nitrogen and oxygen atoms in total. The summed E-state index contributed by atoms with van der Waals surface area (Å²) >= 11 is 0. The zero-order valence-electron chi connectivity index (χ0n) is 19.0. The van der Waals surface area contributed by atoms with Crippen LogP contribution in [0.4, 0.5) is 19.0 Å². The smallest absolute Gasteiger partial charge is 0.364 e. The Morgan fingerprint density at radius 3 is 2.69 bits per heavy atom. The van der Waals surface area contributed by atoms with E-state index in [2.05, 4.69) is 25.6 Å². The Kier molecular flexibility index (Phi) is 5.65. The first-order valence-corrected chi connectivity index (χ1v) is 10.9. The second kappa shape index (κ2) is 8.43. The van der Waals surface area contributed by atoms with Crippen molar-refractivity contribution < 1.29 is 32.2 Å². The molecule has 0 bridgehead atoms. The van der Waals surface area contributed by atoms with E-state index in [1.54, 1.807) is 24.5 Å². The summed E-state index contributed by atoms with van der Waals surface area (Å²) in [6.45, 7) is 3.61. The third kappa shape index (κ3) is 4.30. The van der Waals surface area contributed by atoms with Gasteiger partial charge in [0, 0.05) is 13.6 Å². The van der Waals surface area contributed by atoms with Crippen molar-refractivity contribution in [2.24, 2.45) is 0 Å². The van der Waals surface area contributed by atoms with Crippen LogP contribution in [0.3, 0.4) is 0 Å². The van der Waals surface area contributed by atoms with Crippen LogP contribution in [0.2, 0.25) is 0 Å². The van der Waals surface area contributed by atoms with Crippen LogP contribution in [-0.4, -0.2) is 56.6 Å². The molecule has 4 heterocycles. The number of nitrogens with one attached hydrogen (secondary N) is 2. The molecular formula is C22H23F3N6O4. The fourth-order valence-electron chi connectivity index (χ4n) is 4.37. The number of fused-ring (bicyclic) bond motifs is 2. The topological polar surface area (TPSA) is 112 Å². The summed E-state index contributed by atoms with van der Waals surface area (Å²) in [5.41, 5.74) is 0.497. The Labute approximate surface area is 197 Å². The van der Waals surface area contributed by atoms with Gasteiger partial charge in [-0.3, -0.25) is 9.36 Å². The molecule has 0 aliphatic carbocycles. The van der Waals surface area contributed by atoms with Crippen molar-refractivity contribution in [3.05, 3.63) is 48.0 Å². The van der Waals surface area contributed by atoms with E-state index in [9.17, 15) is 18.0 Å². The summed E-state index contributed by atoms with van der Waals surface area (Å²) in [5, 5.41) is 5.60. The van der Waals surface area contributed by atoms with E-state index in [1.807, 2.05) is 0 Å². The molecule has 3 aromatic rings. The predicted molar refractivity (Wildman–Crippen MR) is 116 cm³/mol. The lowest BCUT2D eigenvalue weighted by Gasteiger charge is -2.24. The second-order valence-electron chi connectivity index (χ2n) is 8.72. The molecule has 1 amide bonds.